The number of piperazine rings is 1. The molecule has 186 valence electrons. The van der Waals surface area contributed by atoms with Gasteiger partial charge in [-0.3, -0.25) is 9.69 Å². The Kier molecular flexibility index (Phi) is 8.00. The highest BCUT2D eigenvalue weighted by Gasteiger charge is 2.47. The van der Waals surface area contributed by atoms with Gasteiger partial charge in [-0.25, -0.2) is 21.6 Å². The molecule has 2 N–H and O–H groups in total. The average Bonchev–Trinajstić information content (AvgIpc) is 2.72. The lowest BCUT2D eigenvalue weighted by Gasteiger charge is -2.50. The number of rotatable bonds is 7. The molecule has 1 unspecified atom stereocenters. The second kappa shape index (κ2) is 10.1. The van der Waals surface area contributed by atoms with Crippen LogP contribution in [0.5, 0.6) is 0 Å². The quantitative estimate of drug-likeness (QED) is 0.587. The Morgan fingerprint density at radius 1 is 1.18 bits per heavy atom. The van der Waals surface area contributed by atoms with Gasteiger partial charge in [0, 0.05) is 51.1 Å². The molecule has 1 atom stereocenters. The largest absolute Gasteiger partial charge is 0.392 e. The van der Waals surface area contributed by atoms with E-state index >= 15 is 0 Å². The summed E-state index contributed by atoms with van der Waals surface area (Å²) in [5.74, 6) is -4.27. The van der Waals surface area contributed by atoms with Crippen LogP contribution in [0.4, 0.5) is 13.2 Å². The molecular formula is C21H29ClF3N3O4S. The molecule has 1 amide bonds. The number of carbonyl (C=O) groups excluding carboxylic acids is 1. The van der Waals surface area contributed by atoms with Crippen molar-refractivity contribution in [1.29, 1.82) is 0 Å². The van der Waals surface area contributed by atoms with E-state index in [0.29, 0.717) is 13.1 Å². The van der Waals surface area contributed by atoms with Crippen LogP contribution in [-0.4, -0.2) is 84.7 Å². The fourth-order valence-electron chi connectivity index (χ4n) is 4.55. The molecule has 1 aromatic carbocycles. The highest BCUT2D eigenvalue weighted by Crippen LogP contribution is 2.42. The first kappa shape index (κ1) is 26.2. The third-order valence-electron chi connectivity index (χ3n) is 6.42. The molecule has 1 saturated heterocycles. The van der Waals surface area contributed by atoms with Crippen LogP contribution in [0, 0.1) is 5.82 Å². The van der Waals surface area contributed by atoms with Crippen molar-refractivity contribution in [1.82, 2.24) is 14.5 Å². The van der Waals surface area contributed by atoms with Crippen LogP contribution in [0.25, 0.3) is 0 Å². The Hall–Kier alpha value is -1.40. The van der Waals surface area contributed by atoms with Crippen molar-refractivity contribution < 1.29 is 31.5 Å². The summed E-state index contributed by atoms with van der Waals surface area (Å²) in [6, 6.07) is 3.41. The number of aliphatic hydroxyl groups is 1. The summed E-state index contributed by atoms with van der Waals surface area (Å²) in [7, 11) is -3.62. The third-order valence-corrected chi connectivity index (χ3v) is 8.79. The van der Waals surface area contributed by atoms with Crippen molar-refractivity contribution in [2.24, 2.45) is 0 Å². The molecule has 1 aliphatic heterocycles. The van der Waals surface area contributed by atoms with Crippen molar-refractivity contribution >= 4 is 27.5 Å². The minimum absolute atomic E-state index is 0.0475. The molecule has 2 fully saturated rings. The lowest BCUT2D eigenvalue weighted by molar-refractivity contribution is -0.0856. The molecule has 0 aromatic heterocycles. The highest BCUT2D eigenvalue weighted by molar-refractivity contribution is 7.89. The van der Waals surface area contributed by atoms with E-state index in [1.165, 1.54) is 17.3 Å². The maximum absolute atomic E-state index is 13.9. The highest BCUT2D eigenvalue weighted by atomic mass is 35.5. The average molecular weight is 512 g/mol. The second-order valence-corrected chi connectivity index (χ2v) is 11.3. The number of halogens is 4. The Morgan fingerprint density at radius 2 is 1.79 bits per heavy atom. The molecule has 1 aromatic rings. The number of sulfonamides is 1. The van der Waals surface area contributed by atoms with Gasteiger partial charge in [0.25, 0.3) is 5.91 Å². The van der Waals surface area contributed by atoms with E-state index in [1.807, 2.05) is 4.90 Å². The van der Waals surface area contributed by atoms with E-state index in [9.17, 15) is 31.5 Å². The van der Waals surface area contributed by atoms with Gasteiger partial charge < -0.3 is 10.4 Å². The molecule has 7 nitrogen and oxygen atoms in total. The van der Waals surface area contributed by atoms with Gasteiger partial charge in [-0.1, -0.05) is 11.6 Å². The van der Waals surface area contributed by atoms with Gasteiger partial charge in [0.1, 0.15) is 5.82 Å². The number of nitrogens with zero attached hydrogens (tertiary/aromatic N) is 2. The Morgan fingerprint density at radius 3 is 2.33 bits per heavy atom. The molecule has 3 rings (SSSR count). The Labute approximate surface area is 196 Å². The number of benzene rings is 1. The molecule has 0 bridgehead atoms. The van der Waals surface area contributed by atoms with Gasteiger partial charge in [0.05, 0.1) is 22.4 Å². The van der Waals surface area contributed by atoms with Crippen molar-refractivity contribution in [2.75, 3.05) is 38.5 Å². The monoisotopic (exact) mass is 511 g/mol. The number of nitrogens with one attached hydrogen (secondary N) is 1. The van der Waals surface area contributed by atoms with E-state index < -0.39 is 39.3 Å². The Balaban J connectivity index is 1.72. The normalized spacial score (nSPS) is 22.6. The minimum atomic E-state index is -3.62. The van der Waals surface area contributed by atoms with Crippen LogP contribution in [0.2, 0.25) is 5.02 Å². The Bertz CT molecular complexity index is 960. The number of aliphatic hydroxyl groups excluding tert-OH is 1. The fourth-order valence-corrected chi connectivity index (χ4v) is 6.34. The van der Waals surface area contributed by atoms with E-state index in [0.717, 1.165) is 12.1 Å². The maximum Gasteiger partial charge on any atom is 0.252 e. The minimum Gasteiger partial charge on any atom is -0.392 e. The molecule has 1 heterocycles. The molecular weight excluding hydrogens is 483 g/mol. The lowest BCUT2D eigenvalue weighted by atomic mass is 9.78. The van der Waals surface area contributed by atoms with Crippen LogP contribution < -0.4 is 5.32 Å². The van der Waals surface area contributed by atoms with Crippen molar-refractivity contribution in [3.8, 4) is 0 Å². The first-order valence-corrected chi connectivity index (χ1v) is 12.8. The lowest BCUT2D eigenvalue weighted by Crippen LogP contribution is -2.63. The molecule has 12 heteroatoms. The first-order valence-electron chi connectivity index (χ1n) is 10.9. The zero-order valence-electron chi connectivity index (χ0n) is 18.4. The number of carbonyl (C=O) groups is 1. The summed E-state index contributed by atoms with van der Waals surface area (Å²) < 4.78 is 67.3. The van der Waals surface area contributed by atoms with E-state index in [-0.39, 0.29) is 61.7 Å². The fraction of sp³-hybridized carbons (Fsp3) is 0.667. The van der Waals surface area contributed by atoms with Gasteiger partial charge in [0.2, 0.25) is 15.9 Å². The molecule has 2 aliphatic rings. The number of amides is 1. The van der Waals surface area contributed by atoms with Gasteiger partial charge in [0.15, 0.2) is 0 Å². The van der Waals surface area contributed by atoms with Crippen LogP contribution >= 0.6 is 11.6 Å². The van der Waals surface area contributed by atoms with Gasteiger partial charge in [-0.05, 0) is 38.0 Å². The summed E-state index contributed by atoms with van der Waals surface area (Å²) in [4.78, 5) is 14.6. The van der Waals surface area contributed by atoms with E-state index in [2.05, 4.69) is 5.32 Å². The smallest absolute Gasteiger partial charge is 0.252 e. The third kappa shape index (κ3) is 6.39. The first-order chi connectivity index (χ1) is 15.3. The SMILES string of the molecule is CC(O)CS(=O)(=O)N1CCN(C2(CNC(=O)c3ccc(F)cc3Cl)CCC(F)(F)CC2)CC1. The summed E-state index contributed by atoms with van der Waals surface area (Å²) >= 11 is 5.97. The van der Waals surface area contributed by atoms with Crippen molar-refractivity contribution in [3.63, 3.8) is 0 Å². The van der Waals surface area contributed by atoms with E-state index in [4.69, 9.17) is 11.6 Å². The predicted molar refractivity (Wildman–Crippen MR) is 119 cm³/mol. The van der Waals surface area contributed by atoms with Crippen LogP contribution in [0.15, 0.2) is 18.2 Å². The number of alkyl halides is 2. The molecule has 33 heavy (non-hydrogen) atoms. The predicted octanol–water partition coefficient (Wildman–Crippen LogP) is 2.49. The maximum atomic E-state index is 13.9. The zero-order valence-corrected chi connectivity index (χ0v) is 19.9. The van der Waals surface area contributed by atoms with Gasteiger partial charge in [-0.2, -0.15) is 4.31 Å². The summed E-state index contributed by atoms with van der Waals surface area (Å²) in [5.41, 5.74) is -0.673. The van der Waals surface area contributed by atoms with Crippen molar-refractivity contribution in [2.45, 2.75) is 50.2 Å². The molecule has 0 spiro atoms. The molecule has 1 saturated carbocycles. The summed E-state index contributed by atoms with van der Waals surface area (Å²) in [6.45, 7) is 2.46. The van der Waals surface area contributed by atoms with Crippen molar-refractivity contribution in [3.05, 3.63) is 34.6 Å². The number of hydrogen-bond acceptors (Lipinski definition) is 5. The van der Waals surface area contributed by atoms with E-state index in [1.54, 1.807) is 0 Å². The summed E-state index contributed by atoms with van der Waals surface area (Å²) in [5, 5.41) is 12.2. The topological polar surface area (TPSA) is 89.9 Å². The second-order valence-electron chi connectivity index (χ2n) is 8.90. The van der Waals surface area contributed by atoms with Crippen LogP contribution in [0.3, 0.4) is 0 Å². The van der Waals surface area contributed by atoms with Gasteiger partial charge >= 0.3 is 0 Å². The molecule has 0 radical (unpaired) electrons. The standard InChI is InChI=1S/C21H29ClF3N3O4S/c1-15(29)13-33(31,32)28-10-8-27(9-11-28)20(4-6-21(24,25)7-5-20)14-26-19(30)17-3-2-16(23)12-18(17)22/h2-3,12,15,29H,4-11,13-14H2,1H3,(H,26,30). The van der Waals surface area contributed by atoms with Crippen LogP contribution in [0.1, 0.15) is 43.0 Å². The van der Waals surface area contributed by atoms with Crippen LogP contribution in [-0.2, 0) is 10.0 Å². The van der Waals surface area contributed by atoms with Gasteiger partial charge in [-0.15, -0.1) is 0 Å². The molecule has 1 aliphatic carbocycles. The zero-order chi connectivity index (χ0) is 24.4. The summed E-state index contributed by atoms with van der Waals surface area (Å²) in [6.07, 6.45) is -1.38. The number of hydrogen-bond donors (Lipinski definition) is 2.